The van der Waals surface area contributed by atoms with Gasteiger partial charge in [0.05, 0.1) is 5.69 Å². The van der Waals surface area contributed by atoms with E-state index in [0.29, 0.717) is 16.7 Å². The van der Waals surface area contributed by atoms with Gasteiger partial charge in [0.2, 0.25) is 0 Å². The second-order valence-corrected chi connectivity index (χ2v) is 5.19. The number of aromatic carboxylic acids is 1. The van der Waals surface area contributed by atoms with E-state index in [1.165, 1.54) is 12.1 Å². The summed E-state index contributed by atoms with van der Waals surface area (Å²) in [5, 5.41) is 39.3. The molecule has 3 aromatic rings. The summed E-state index contributed by atoms with van der Waals surface area (Å²) in [4.78, 5) is 15.4. The number of hydrogen-bond donors (Lipinski definition) is 4. The van der Waals surface area contributed by atoms with Crippen LogP contribution in [0, 0.1) is 0 Å². The van der Waals surface area contributed by atoms with Gasteiger partial charge in [0, 0.05) is 16.5 Å². The van der Waals surface area contributed by atoms with Crippen molar-refractivity contribution in [3.63, 3.8) is 0 Å². The summed E-state index contributed by atoms with van der Waals surface area (Å²) >= 11 is 0. The average Bonchev–Trinajstić information content (AvgIpc) is 2.56. The Morgan fingerprint density at radius 2 is 1.62 bits per heavy atom. The summed E-state index contributed by atoms with van der Waals surface area (Å²) in [6.07, 6.45) is 0. The zero-order valence-electron chi connectivity index (χ0n) is 12.4. The molecule has 1 heterocycles. The van der Waals surface area contributed by atoms with Crippen LogP contribution in [0.3, 0.4) is 0 Å². The lowest BCUT2D eigenvalue weighted by Crippen LogP contribution is -1.98. The van der Waals surface area contributed by atoms with Crippen molar-refractivity contribution in [1.82, 2.24) is 4.98 Å². The quantitative estimate of drug-likeness (QED) is 0.551. The number of phenols is 3. The Morgan fingerprint density at radius 3 is 2.33 bits per heavy atom. The van der Waals surface area contributed by atoms with Crippen molar-refractivity contribution >= 4 is 22.4 Å². The molecule has 0 aliphatic heterocycles. The molecule has 0 aliphatic carbocycles. The van der Waals surface area contributed by atoms with Crippen LogP contribution < -0.4 is 0 Å². The summed E-state index contributed by atoms with van der Waals surface area (Å²) in [5.41, 5.74) is 0.813. The Bertz CT molecular complexity index is 994. The van der Waals surface area contributed by atoms with Gasteiger partial charge in [-0.2, -0.15) is 0 Å². The Kier molecular flexibility index (Phi) is 3.57. The largest absolute Gasteiger partial charge is 0.505 e. The fraction of sp³-hybridized carbons (Fsp3) is 0. The van der Waals surface area contributed by atoms with E-state index in [1.807, 2.05) is 0 Å². The number of phenolic OH excluding ortho intramolecular Hbond substituents is 2. The fourth-order valence-corrected chi connectivity index (χ4v) is 2.43. The zero-order chi connectivity index (χ0) is 17.4. The summed E-state index contributed by atoms with van der Waals surface area (Å²) in [7, 11) is 0. The van der Waals surface area contributed by atoms with Crippen LogP contribution in [-0.4, -0.2) is 31.4 Å². The number of carboxylic acid groups (broad SMARTS) is 1. The molecule has 4 N–H and O–H groups in total. The predicted octanol–water partition coefficient (Wildman–Crippen LogP) is 3.11. The van der Waals surface area contributed by atoms with Crippen LogP contribution in [0.4, 0.5) is 0 Å². The van der Waals surface area contributed by atoms with Gasteiger partial charge >= 0.3 is 5.97 Å². The van der Waals surface area contributed by atoms with E-state index in [-0.39, 0.29) is 28.1 Å². The number of aromatic nitrogens is 1. The molecule has 0 spiro atoms. The molecule has 0 aliphatic rings. The lowest BCUT2D eigenvalue weighted by molar-refractivity contribution is 0.0694. The molecule has 0 bridgehead atoms. The van der Waals surface area contributed by atoms with Gasteiger partial charge in [-0.3, -0.25) is 0 Å². The topological polar surface area (TPSA) is 111 Å². The molecule has 0 fully saturated rings. The van der Waals surface area contributed by atoms with E-state index in [2.05, 4.69) is 11.6 Å². The number of carbonyl (C=O) groups is 1. The van der Waals surface area contributed by atoms with Crippen LogP contribution in [0.1, 0.15) is 21.6 Å². The van der Waals surface area contributed by atoms with Crippen LogP contribution in [0.2, 0.25) is 0 Å². The van der Waals surface area contributed by atoms with Crippen molar-refractivity contribution in [2.24, 2.45) is 0 Å². The molecule has 0 atom stereocenters. The number of hydrogen-bond acceptors (Lipinski definition) is 5. The molecule has 120 valence electrons. The van der Waals surface area contributed by atoms with Crippen LogP contribution in [0.25, 0.3) is 16.5 Å². The highest BCUT2D eigenvalue weighted by molar-refractivity contribution is 5.99. The summed E-state index contributed by atoms with van der Waals surface area (Å²) in [6, 6.07) is 10.6. The molecule has 1 aromatic heterocycles. The van der Waals surface area contributed by atoms with Crippen molar-refractivity contribution in [3.8, 4) is 17.2 Å². The van der Waals surface area contributed by atoms with Crippen molar-refractivity contribution in [2.45, 2.75) is 0 Å². The molecular weight excluding hydrogens is 310 g/mol. The Labute approximate surface area is 136 Å². The number of fused-ring (bicyclic) bond motifs is 1. The Morgan fingerprint density at radius 1 is 0.917 bits per heavy atom. The second kappa shape index (κ2) is 5.58. The number of carboxylic acids is 1. The van der Waals surface area contributed by atoms with Crippen molar-refractivity contribution in [3.05, 3.63) is 65.9 Å². The minimum atomic E-state index is -1.26. The number of rotatable bonds is 3. The third kappa shape index (κ3) is 2.40. The highest BCUT2D eigenvalue weighted by Gasteiger charge is 2.16. The number of pyridine rings is 1. The van der Waals surface area contributed by atoms with E-state index < -0.39 is 11.7 Å². The van der Waals surface area contributed by atoms with Crippen molar-refractivity contribution in [2.75, 3.05) is 0 Å². The first-order valence-corrected chi connectivity index (χ1v) is 6.96. The van der Waals surface area contributed by atoms with E-state index in [9.17, 15) is 20.1 Å². The summed E-state index contributed by atoms with van der Waals surface area (Å²) < 4.78 is 0. The van der Waals surface area contributed by atoms with Crippen molar-refractivity contribution < 1.29 is 25.2 Å². The van der Waals surface area contributed by atoms with Crippen molar-refractivity contribution in [1.29, 1.82) is 0 Å². The predicted molar refractivity (Wildman–Crippen MR) is 88.3 cm³/mol. The van der Waals surface area contributed by atoms with E-state index in [4.69, 9.17) is 5.11 Å². The maximum atomic E-state index is 11.1. The molecule has 0 unspecified atom stereocenters. The third-order valence-corrected chi connectivity index (χ3v) is 3.71. The average molecular weight is 323 g/mol. The first kappa shape index (κ1) is 15.4. The number of benzene rings is 2. The molecule has 3 rings (SSSR count). The maximum absolute atomic E-state index is 11.1. The normalized spacial score (nSPS) is 10.7. The molecule has 6 nitrogen and oxygen atoms in total. The maximum Gasteiger partial charge on any atom is 0.339 e. The summed E-state index contributed by atoms with van der Waals surface area (Å²) in [6.45, 7) is 3.86. The summed E-state index contributed by atoms with van der Waals surface area (Å²) in [5.74, 6) is -2.31. The van der Waals surface area contributed by atoms with Crippen LogP contribution in [0.5, 0.6) is 17.2 Å². The zero-order valence-corrected chi connectivity index (χ0v) is 12.4. The molecule has 0 amide bonds. The SMILES string of the molecule is C=C(c1ccc2ccc(C(=O)O)c(O)c2n1)c1cccc(O)c1O. The van der Waals surface area contributed by atoms with Gasteiger partial charge in [-0.05, 0) is 18.2 Å². The third-order valence-electron chi connectivity index (χ3n) is 3.71. The minimum Gasteiger partial charge on any atom is -0.505 e. The van der Waals surface area contributed by atoms with Gasteiger partial charge in [-0.1, -0.05) is 30.8 Å². The Hall–Kier alpha value is -3.54. The highest BCUT2D eigenvalue weighted by Crippen LogP contribution is 2.36. The number of nitrogens with zero attached hydrogens (tertiary/aromatic N) is 1. The van der Waals surface area contributed by atoms with Gasteiger partial charge in [0.1, 0.15) is 11.1 Å². The smallest absolute Gasteiger partial charge is 0.339 e. The first-order chi connectivity index (χ1) is 11.4. The van der Waals surface area contributed by atoms with Crippen LogP contribution >= 0.6 is 0 Å². The highest BCUT2D eigenvalue weighted by atomic mass is 16.4. The molecular formula is C18H13NO5. The van der Waals surface area contributed by atoms with Gasteiger partial charge in [0.25, 0.3) is 0 Å². The van der Waals surface area contributed by atoms with Crippen LogP contribution in [0.15, 0.2) is 49.0 Å². The fourth-order valence-electron chi connectivity index (χ4n) is 2.43. The monoisotopic (exact) mass is 323 g/mol. The Balaban J connectivity index is 2.17. The minimum absolute atomic E-state index is 0.119. The standard InChI is InChI=1S/C18H13NO5/c1-9(11-3-2-4-14(20)16(11)21)13-8-6-10-5-7-12(18(23)24)17(22)15(10)19-13/h2-8,20-22H,1H2,(H,23,24). The molecule has 24 heavy (non-hydrogen) atoms. The number of para-hydroxylation sites is 1. The first-order valence-electron chi connectivity index (χ1n) is 6.96. The van der Waals surface area contributed by atoms with Gasteiger partial charge in [0.15, 0.2) is 17.2 Å². The molecule has 0 saturated heterocycles. The van der Waals surface area contributed by atoms with Gasteiger partial charge < -0.3 is 20.4 Å². The van der Waals surface area contributed by atoms with E-state index >= 15 is 0 Å². The van der Waals surface area contributed by atoms with E-state index in [0.717, 1.165) is 0 Å². The lowest BCUT2D eigenvalue weighted by Gasteiger charge is -2.11. The van der Waals surface area contributed by atoms with Crippen LogP contribution in [-0.2, 0) is 0 Å². The molecule has 0 radical (unpaired) electrons. The van der Waals surface area contributed by atoms with E-state index in [1.54, 1.807) is 30.3 Å². The molecule has 0 saturated carbocycles. The number of aromatic hydroxyl groups is 3. The van der Waals surface area contributed by atoms with Gasteiger partial charge in [-0.15, -0.1) is 0 Å². The lowest BCUT2D eigenvalue weighted by atomic mass is 10.0. The molecule has 6 heteroatoms. The molecule has 2 aromatic carbocycles. The second-order valence-electron chi connectivity index (χ2n) is 5.19. The van der Waals surface area contributed by atoms with Gasteiger partial charge in [-0.25, -0.2) is 9.78 Å².